The van der Waals surface area contributed by atoms with E-state index in [1.165, 1.54) is 173 Å². The number of amides is 1. The van der Waals surface area contributed by atoms with Crippen molar-refractivity contribution in [2.45, 2.75) is 296 Å². The van der Waals surface area contributed by atoms with Crippen molar-refractivity contribution in [3.8, 4) is 0 Å². The van der Waals surface area contributed by atoms with Crippen LogP contribution in [0.25, 0.3) is 0 Å². The van der Waals surface area contributed by atoms with Gasteiger partial charge in [0.25, 0.3) is 0 Å². The van der Waals surface area contributed by atoms with E-state index in [-0.39, 0.29) is 18.5 Å². The summed E-state index contributed by atoms with van der Waals surface area (Å²) in [6.45, 7) is 4.84. The molecule has 2 atom stereocenters. The summed E-state index contributed by atoms with van der Waals surface area (Å²) < 4.78 is 5.45. The average molecular weight is 872 g/mol. The van der Waals surface area contributed by atoms with Crippen molar-refractivity contribution in [1.29, 1.82) is 0 Å². The zero-order valence-electron chi connectivity index (χ0n) is 41.4. The maximum Gasteiger partial charge on any atom is 0.305 e. The SMILES string of the molecule is CCCCC/C=C\C/C=C\CCCCCCCCCCCC(=O)OCCCCCC/C=C\CCCC(=O)NC(CO)C(O)CCCCCCCCCCCCCCCCCCC. The Kier molecular flexibility index (Phi) is 50.1. The molecular weight excluding hydrogens is 767 g/mol. The third kappa shape index (κ3) is 47.6. The Morgan fingerprint density at radius 2 is 0.823 bits per heavy atom. The van der Waals surface area contributed by atoms with E-state index < -0.39 is 12.1 Å². The van der Waals surface area contributed by atoms with E-state index in [0.717, 1.165) is 77.0 Å². The first-order valence-corrected chi connectivity index (χ1v) is 27.2. The minimum absolute atomic E-state index is 0.0394. The van der Waals surface area contributed by atoms with E-state index in [1.54, 1.807) is 0 Å². The van der Waals surface area contributed by atoms with Crippen molar-refractivity contribution in [2.75, 3.05) is 13.2 Å². The molecular formula is C56H105NO5. The molecule has 6 nitrogen and oxygen atoms in total. The minimum atomic E-state index is -0.696. The third-order valence-electron chi connectivity index (χ3n) is 12.4. The first-order valence-electron chi connectivity index (χ1n) is 27.2. The standard InChI is InChI=1S/C56H105NO5/c1-3-5-7-9-11-13-15-17-19-21-22-24-26-28-30-34-38-42-46-50-56(61)62-51-47-43-39-35-31-33-37-41-45-49-55(60)57-53(52-58)54(59)48-44-40-36-32-29-27-25-23-20-18-16-14-12-10-8-6-4-2/h11,13,17,19,33,37,53-54,58-59H,3-10,12,14-16,18,20-32,34-36,38-52H2,1-2H3,(H,57,60)/b13-11-,19-17-,37-33-. The summed E-state index contributed by atoms with van der Waals surface area (Å²) in [6.07, 6.45) is 62.7. The lowest BCUT2D eigenvalue weighted by molar-refractivity contribution is -0.143. The van der Waals surface area contributed by atoms with Gasteiger partial charge in [-0.15, -0.1) is 0 Å². The van der Waals surface area contributed by atoms with Crippen LogP contribution >= 0.6 is 0 Å². The van der Waals surface area contributed by atoms with Gasteiger partial charge in [-0.05, 0) is 77.0 Å². The summed E-state index contributed by atoms with van der Waals surface area (Å²) in [7, 11) is 0. The summed E-state index contributed by atoms with van der Waals surface area (Å²) in [5.41, 5.74) is 0. The molecule has 1 amide bonds. The number of nitrogens with one attached hydrogen (secondary N) is 1. The monoisotopic (exact) mass is 872 g/mol. The summed E-state index contributed by atoms with van der Waals surface area (Å²) >= 11 is 0. The molecule has 62 heavy (non-hydrogen) atoms. The largest absolute Gasteiger partial charge is 0.466 e. The Morgan fingerprint density at radius 3 is 1.31 bits per heavy atom. The summed E-state index contributed by atoms with van der Waals surface area (Å²) in [6, 6.07) is -0.580. The molecule has 0 bridgehead atoms. The number of allylic oxidation sites excluding steroid dienone is 6. The maximum absolute atomic E-state index is 12.4. The van der Waals surface area contributed by atoms with Crippen LogP contribution in [0, 0.1) is 0 Å². The fraction of sp³-hybridized carbons (Fsp3) is 0.857. The smallest absolute Gasteiger partial charge is 0.305 e. The van der Waals surface area contributed by atoms with Crippen LogP contribution in [0.15, 0.2) is 36.5 Å². The van der Waals surface area contributed by atoms with Gasteiger partial charge in [-0.25, -0.2) is 0 Å². The van der Waals surface area contributed by atoms with E-state index in [1.807, 2.05) is 0 Å². The highest BCUT2D eigenvalue weighted by atomic mass is 16.5. The van der Waals surface area contributed by atoms with Crippen LogP contribution in [0.2, 0.25) is 0 Å². The Balaban J connectivity index is 3.53. The number of carbonyl (C=O) groups excluding carboxylic acids is 2. The van der Waals surface area contributed by atoms with Gasteiger partial charge in [0.2, 0.25) is 5.91 Å². The van der Waals surface area contributed by atoms with Crippen molar-refractivity contribution in [1.82, 2.24) is 5.32 Å². The summed E-state index contributed by atoms with van der Waals surface area (Å²) in [5.74, 6) is -0.134. The van der Waals surface area contributed by atoms with Crippen molar-refractivity contribution in [3.05, 3.63) is 36.5 Å². The Bertz CT molecular complexity index is 1010. The predicted octanol–water partition coefficient (Wildman–Crippen LogP) is 16.5. The van der Waals surface area contributed by atoms with Crippen LogP contribution in [0.5, 0.6) is 0 Å². The van der Waals surface area contributed by atoms with Gasteiger partial charge in [0, 0.05) is 12.8 Å². The second-order valence-electron chi connectivity index (χ2n) is 18.6. The highest BCUT2D eigenvalue weighted by Gasteiger charge is 2.20. The van der Waals surface area contributed by atoms with Gasteiger partial charge in [0.05, 0.1) is 25.4 Å². The van der Waals surface area contributed by atoms with Crippen LogP contribution in [0.3, 0.4) is 0 Å². The summed E-state index contributed by atoms with van der Waals surface area (Å²) in [4.78, 5) is 24.5. The van der Waals surface area contributed by atoms with Crippen LogP contribution in [0.1, 0.15) is 284 Å². The molecule has 3 N–H and O–H groups in total. The molecule has 0 aromatic heterocycles. The number of rotatable bonds is 50. The highest BCUT2D eigenvalue weighted by molar-refractivity contribution is 5.76. The third-order valence-corrected chi connectivity index (χ3v) is 12.4. The molecule has 0 fully saturated rings. The number of hydrogen-bond donors (Lipinski definition) is 3. The number of aliphatic hydroxyl groups excluding tert-OH is 2. The average Bonchev–Trinajstić information content (AvgIpc) is 3.27. The Morgan fingerprint density at radius 1 is 0.452 bits per heavy atom. The second kappa shape index (κ2) is 51.7. The van der Waals surface area contributed by atoms with Gasteiger partial charge in [0.15, 0.2) is 0 Å². The number of carbonyl (C=O) groups is 2. The van der Waals surface area contributed by atoms with Gasteiger partial charge >= 0.3 is 5.97 Å². The van der Waals surface area contributed by atoms with Crippen molar-refractivity contribution >= 4 is 11.9 Å². The van der Waals surface area contributed by atoms with Crippen molar-refractivity contribution in [3.63, 3.8) is 0 Å². The van der Waals surface area contributed by atoms with E-state index in [0.29, 0.717) is 25.9 Å². The quantitative estimate of drug-likeness (QED) is 0.0321. The second-order valence-corrected chi connectivity index (χ2v) is 18.6. The molecule has 0 rings (SSSR count). The van der Waals surface area contributed by atoms with Gasteiger partial charge in [-0.2, -0.15) is 0 Å². The normalized spacial score (nSPS) is 12.9. The van der Waals surface area contributed by atoms with E-state index in [2.05, 4.69) is 55.6 Å². The molecule has 0 aliphatic rings. The van der Waals surface area contributed by atoms with Gasteiger partial charge in [-0.1, -0.05) is 230 Å². The molecule has 0 spiro atoms. The van der Waals surface area contributed by atoms with Crippen LogP contribution < -0.4 is 5.32 Å². The highest BCUT2D eigenvalue weighted by Crippen LogP contribution is 2.16. The number of hydrogen-bond acceptors (Lipinski definition) is 5. The number of ether oxygens (including phenoxy) is 1. The topological polar surface area (TPSA) is 95.9 Å². The maximum atomic E-state index is 12.4. The lowest BCUT2D eigenvalue weighted by atomic mass is 10.0. The zero-order valence-corrected chi connectivity index (χ0v) is 41.4. The molecule has 0 saturated carbocycles. The molecule has 0 aromatic rings. The molecule has 2 unspecified atom stereocenters. The molecule has 0 saturated heterocycles. The van der Waals surface area contributed by atoms with Gasteiger partial charge < -0.3 is 20.3 Å². The van der Waals surface area contributed by atoms with Crippen LogP contribution in [0.4, 0.5) is 0 Å². The molecule has 6 heteroatoms. The van der Waals surface area contributed by atoms with E-state index in [9.17, 15) is 19.8 Å². The number of unbranched alkanes of at least 4 members (excludes halogenated alkanes) is 33. The number of esters is 1. The first-order chi connectivity index (χ1) is 30.5. The molecule has 0 aliphatic carbocycles. The minimum Gasteiger partial charge on any atom is -0.466 e. The number of aliphatic hydroxyl groups is 2. The lowest BCUT2D eigenvalue weighted by Gasteiger charge is -2.22. The summed E-state index contributed by atoms with van der Waals surface area (Å²) in [5, 5.41) is 23.2. The molecule has 0 aliphatic heterocycles. The predicted molar refractivity (Wildman–Crippen MR) is 269 cm³/mol. The Hall–Kier alpha value is -1.92. The molecule has 364 valence electrons. The van der Waals surface area contributed by atoms with Gasteiger partial charge in [0.1, 0.15) is 0 Å². The van der Waals surface area contributed by atoms with Crippen molar-refractivity contribution < 1.29 is 24.5 Å². The first kappa shape index (κ1) is 60.1. The Labute approximate surface area is 385 Å². The molecule has 0 aromatic carbocycles. The van der Waals surface area contributed by atoms with Gasteiger partial charge in [-0.3, -0.25) is 9.59 Å². The van der Waals surface area contributed by atoms with E-state index >= 15 is 0 Å². The van der Waals surface area contributed by atoms with Crippen molar-refractivity contribution in [2.24, 2.45) is 0 Å². The lowest BCUT2D eigenvalue weighted by Crippen LogP contribution is -2.45. The molecule has 0 heterocycles. The van der Waals surface area contributed by atoms with Crippen LogP contribution in [-0.4, -0.2) is 47.4 Å². The fourth-order valence-corrected chi connectivity index (χ4v) is 8.20. The van der Waals surface area contributed by atoms with E-state index in [4.69, 9.17) is 4.74 Å². The molecule has 0 radical (unpaired) electrons. The zero-order chi connectivity index (χ0) is 45.1. The van der Waals surface area contributed by atoms with Crippen LogP contribution in [-0.2, 0) is 14.3 Å². The fourth-order valence-electron chi connectivity index (χ4n) is 8.20.